The Balaban J connectivity index is 2.55. The summed E-state index contributed by atoms with van der Waals surface area (Å²) in [6.45, 7) is 6.47. The number of nitrogens with zero attached hydrogens (tertiary/aromatic N) is 1. The Morgan fingerprint density at radius 2 is 1.94 bits per heavy atom. The molecule has 0 bridgehead atoms. The number of allylic oxidation sites excluding steroid dienone is 1. The molecule has 0 amide bonds. The van der Waals surface area contributed by atoms with Crippen LogP contribution >= 0.6 is 0 Å². The fraction of sp³-hybridized carbons (Fsp3) is 0.312. The van der Waals surface area contributed by atoms with Crippen molar-refractivity contribution in [3.05, 3.63) is 47.2 Å². The third kappa shape index (κ3) is 2.38. The van der Waals surface area contributed by atoms with Gasteiger partial charge in [0.05, 0.1) is 5.52 Å². The molecule has 0 aliphatic carbocycles. The molecule has 0 saturated heterocycles. The molecule has 0 radical (unpaired) electrons. The van der Waals surface area contributed by atoms with E-state index in [0.29, 0.717) is 0 Å². The highest BCUT2D eigenvalue weighted by molar-refractivity contribution is 5.85. The van der Waals surface area contributed by atoms with Gasteiger partial charge in [0.1, 0.15) is 0 Å². The summed E-state index contributed by atoms with van der Waals surface area (Å²) >= 11 is 0. The van der Waals surface area contributed by atoms with Crippen LogP contribution in [0.1, 0.15) is 36.6 Å². The van der Waals surface area contributed by atoms with Crippen molar-refractivity contribution in [1.82, 2.24) is 4.98 Å². The number of aryl methyl sites for hydroxylation is 2. The lowest BCUT2D eigenvalue weighted by molar-refractivity contribution is 0.962. The van der Waals surface area contributed by atoms with E-state index in [1.165, 1.54) is 22.9 Å². The molecule has 2 rings (SSSR count). The molecule has 0 N–H and O–H groups in total. The van der Waals surface area contributed by atoms with Gasteiger partial charge in [-0.15, -0.1) is 0 Å². The van der Waals surface area contributed by atoms with E-state index in [-0.39, 0.29) is 0 Å². The maximum atomic E-state index is 4.66. The van der Waals surface area contributed by atoms with Gasteiger partial charge in [0.25, 0.3) is 0 Å². The Bertz CT molecular complexity index is 553. The van der Waals surface area contributed by atoms with Crippen LogP contribution < -0.4 is 0 Å². The molecular weight excluding hydrogens is 206 g/mol. The standard InChI is InChI=1S/C16H19N/c1-4-5-6-9-14-12(2)15-10-7-8-11-16(15)17-13(14)3/h6-11H,4-5H2,1-3H3. The zero-order valence-electron chi connectivity index (χ0n) is 10.8. The highest BCUT2D eigenvalue weighted by Gasteiger charge is 2.05. The van der Waals surface area contributed by atoms with E-state index in [1.807, 2.05) is 6.07 Å². The highest BCUT2D eigenvalue weighted by Crippen LogP contribution is 2.23. The molecule has 1 heterocycles. The van der Waals surface area contributed by atoms with Crippen LogP contribution in [0, 0.1) is 13.8 Å². The number of benzene rings is 1. The number of para-hydroxylation sites is 1. The Labute approximate surface area is 103 Å². The van der Waals surface area contributed by atoms with E-state index in [1.54, 1.807) is 0 Å². The molecule has 2 aromatic rings. The van der Waals surface area contributed by atoms with Gasteiger partial charge in [-0.05, 0) is 37.5 Å². The minimum atomic E-state index is 1.09. The second-order valence-electron chi connectivity index (χ2n) is 4.44. The van der Waals surface area contributed by atoms with Gasteiger partial charge < -0.3 is 0 Å². The zero-order valence-corrected chi connectivity index (χ0v) is 10.8. The van der Waals surface area contributed by atoms with Gasteiger partial charge in [0.15, 0.2) is 0 Å². The molecule has 0 fully saturated rings. The van der Waals surface area contributed by atoms with Crippen LogP contribution in [-0.4, -0.2) is 4.98 Å². The van der Waals surface area contributed by atoms with Crippen LogP contribution in [0.3, 0.4) is 0 Å². The molecule has 1 aromatic heterocycles. The molecule has 0 unspecified atom stereocenters. The van der Waals surface area contributed by atoms with E-state index < -0.39 is 0 Å². The molecule has 88 valence electrons. The first-order valence-corrected chi connectivity index (χ1v) is 6.26. The first-order chi connectivity index (χ1) is 8.24. The zero-order chi connectivity index (χ0) is 12.3. The van der Waals surface area contributed by atoms with E-state index in [9.17, 15) is 0 Å². The van der Waals surface area contributed by atoms with Crippen LogP contribution in [0.25, 0.3) is 17.0 Å². The predicted molar refractivity (Wildman–Crippen MR) is 75.2 cm³/mol. The van der Waals surface area contributed by atoms with Crippen molar-refractivity contribution in [2.24, 2.45) is 0 Å². The number of pyridine rings is 1. The molecule has 0 spiro atoms. The molecule has 1 nitrogen and oxygen atoms in total. The average Bonchev–Trinajstić information content (AvgIpc) is 2.33. The maximum Gasteiger partial charge on any atom is 0.0708 e. The van der Waals surface area contributed by atoms with E-state index in [0.717, 1.165) is 17.6 Å². The topological polar surface area (TPSA) is 12.9 Å². The van der Waals surface area contributed by atoms with Crippen molar-refractivity contribution in [3.63, 3.8) is 0 Å². The quantitative estimate of drug-likeness (QED) is 0.740. The number of hydrogen-bond acceptors (Lipinski definition) is 1. The van der Waals surface area contributed by atoms with Crippen molar-refractivity contribution in [2.75, 3.05) is 0 Å². The molecule has 17 heavy (non-hydrogen) atoms. The van der Waals surface area contributed by atoms with Crippen LogP contribution in [-0.2, 0) is 0 Å². The SMILES string of the molecule is CCCC=Cc1c(C)nc2ccccc2c1C. The van der Waals surface area contributed by atoms with Crippen molar-refractivity contribution >= 4 is 17.0 Å². The summed E-state index contributed by atoms with van der Waals surface area (Å²) < 4.78 is 0. The van der Waals surface area contributed by atoms with Gasteiger partial charge in [-0.2, -0.15) is 0 Å². The second-order valence-corrected chi connectivity index (χ2v) is 4.44. The first kappa shape index (κ1) is 11.8. The van der Waals surface area contributed by atoms with Gasteiger partial charge in [-0.1, -0.05) is 43.7 Å². The lowest BCUT2D eigenvalue weighted by atomic mass is 10.0. The van der Waals surface area contributed by atoms with E-state index >= 15 is 0 Å². The van der Waals surface area contributed by atoms with Crippen LogP contribution in [0.5, 0.6) is 0 Å². The summed E-state index contributed by atoms with van der Waals surface area (Å²) in [5.41, 5.74) is 4.82. The lowest BCUT2D eigenvalue weighted by Gasteiger charge is -2.09. The fourth-order valence-electron chi connectivity index (χ4n) is 2.16. The number of fused-ring (bicyclic) bond motifs is 1. The maximum absolute atomic E-state index is 4.66. The largest absolute Gasteiger partial charge is 0.252 e. The summed E-state index contributed by atoms with van der Waals surface area (Å²) in [6.07, 6.45) is 6.78. The fourth-order valence-corrected chi connectivity index (χ4v) is 2.16. The summed E-state index contributed by atoms with van der Waals surface area (Å²) in [7, 11) is 0. The summed E-state index contributed by atoms with van der Waals surface area (Å²) in [5.74, 6) is 0. The third-order valence-electron chi connectivity index (χ3n) is 3.13. The first-order valence-electron chi connectivity index (χ1n) is 6.26. The van der Waals surface area contributed by atoms with Crippen molar-refractivity contribution in [2.45, 2.75) is 33.6 Å². The van der Waals surface area contributed by atoms with Crippen molar-refractivity contribution < 1.29 is 0 Å². The Hall–Kier alpha value is -1.63. The van der Waals surface area contributed by atoms with Gasteiger partial charge in [-0.3, -0.25) is 4.98 Å². The Morgan fingerprint density at radius 1 is 1.18 bits per heavy atom. The molecule has 0 aliphatic rings. The number of rotatable bonds is 3. The molecule has 1 aromatic carbocycles. The monoisotopic (exact) mass is 225 g/mol. The van der Waals surface area contributed by atoms with Crippen LogP contribution in [0.15, 0.2) is 30.3 Å². The molecule has 1 heteroatoms. The van der Waals surface area contributed by atoms with Gasteiger partial charge >= 0.3 is 0 Å². The lowest BCUT2D eigenvalue weighted by Crippen LogP contribution is -1.93. The van der Waals surface area contributed by atoms with E-state index in [2.05, 4.69) is 56.1 Å². The summed E-state index contributed by atoms with van der Waals surface area (Å²) in [4.78, 5) is 4.66. The molecule has 0 atom stereocenters. The summed E-state index contributed by atoms with van der Waals surface area (Å²) in [5, 5.41) is 1.26. The normalized spacial score (nSPS) is 11.5. The Kier molecular flexibility index (Phi) is 3.58. The van der Waals surface area contributed by atoms with Crippen molar-refractivity contribution in [1.29, 1.82) is 0 Å². The van der Waals surface area contributed by atoms with Crippen LogP contribution in [0.4, 0.5) is 0 Å². The molecule has 0 saturated carbocycles. The van der Waals surface area contributed by atoms with Crippen LogP contribution in [0.2, 0.25) is 0 Å². The van der Waals surface area contributed by atoms with Gasteiger partial charge in [0, 0.05) is 11.1 Å². The number of aromatic nitrogens is 1. The molecule has 0 aliphatic heterocycles. The van der Waals surface area contributed by atoms with E-state index in [4.69, 9.17) is 0 Å². The smallest absolute Gasteiger partial charge is 0.0708 e. The number of unbranched alkanes of at least 4 members (excludes halogenated alkanes) is 1. The number of hydrogen-bond donors (Lipinski definition) is 0. The van der Waals surface area contributed by atoms with Crippen molar-refractivity contribution in [3.8, 4) is 0 Å². The molecular formula is C16H19N. The Morgan fingerprint density at radius 3 is 2.71 bits per heavy atom. The minimum Gasteiger partial charge on any atom is -0.252 e. The third-order valence-corrected chi connectivity index (χ3v) is 3.13. The highest BCUT2D eigenvalue weighted by atomic mass is 14.7. The average molecular weight is 225 g/mol. The predicted octanol–water partition coefficient (Wildman–Crippen LogP) is 4.66. The van der Waals surface area contributed by atoms with Gasteiger partial charge in [0.2, 0.25) is 0 Å². The van der Waals surface area contributed by atoms with Gasteiger partial charge in [-0.25, -0.2) is 0 Å². The summed E-state index contributed by atoms with van der Waals surface area (Å²) in [6, 6.07) is 8.34. The second kappa shape index (κ2) is 5.13. The minimum absolute atomic E-state index is 1.09.